The van der Waals surface area contributed by atoms with Gasteiger partial charge in [-0.25, -0.2) is 0 Å². The standard InChI is InChI=1S/C12H25NO/c1-3-4-10(2)12(13)9-11-5-7-14-8-6-11/h10-12H,3-9,13H2,1-2H3. The van der Waals surface area contributed by atoms with Crippen LogP contribution in [0.3, 0.4) is 0 Å². The monoisotopic (exact) mass is 199 g/mol. The lowest BCUT2D eigenvalue weighted by Crippen LogP contribution is -2.32. The van der Waals surface area contributed by atoms with E-state index in [1.165, 1.54) is 32.1 Å². The van der Waals surface area contributed by atoms with Crippen LogP contribution in [0.4, 0.5) is 0 Å². The molecule has 0 aromatic rings. The molecule has 1 fully saturated rings. The zero-order valence-corrected chi connectivity index (χ0v) is 9.67. The summed E-state index contributed by atoms with van der Waals surface area (Å²) < 4.78 is 5.35. The second kappa shape index (κ2) is 6.41. The van der Waals surface area contributed by atoms with Crippen molar-refractivity contribution in [3.8, 4) is 0 Å². The molecule has 2 heteroatoms. The van der Waals surface area contributed by atoms with E-state index < -0.39 is 0 Å². The van der Waals surface area contributed by atoms with Crippen LogP contribution in [0.15, 0.2) is 0 Å². The minimum atomic E-state index is 0.401. The van der Waals surface area contributed by atoms with E-state index in [0.29, 0.717) is 12.0 Å². The van der Waals surface area contributed by atoms with Gasteiger partial charge in [0.2, 0.25) is 0 Å². The molecule has 2 unspecified atom stereocenters. The summed E-state index contributed by atoms with van der Waals surface area (Å²) in [5.74, 6) is 1.50. The molecule has 0 bridgehead atoms. The Hall–Kier alpha value is -0.0800. The second-order valence-corrected chi connectivity index (χ2v) is 4.72. The Balaban J connectivity index is 2.20. The predicted molar refractivity (Wildman–Crippen MR) is 60.2 cm³/mol. The molecule has 0 aliphatic carbocycles. The van der Waals surface area contributed by atoms with Gasteiger partial charge in [0.15, 0.2) is 0 Å². The van der Waals surface area contributed by atoms with Gasteiger partial charge in [0.1, 0.15) is 0 Å². The van der Waals surface area contributed by atoms with Gasteiger partial charge in [0.05, 0.1) is 0 Å². The van der Waals surface area contributed by atoms with Gasteiger partial charge in [0, 0.05) is 19.3 Å². The SMILES string of the molecule is CCCC(C)C(N)CC1CCOCC1. The van der Waals surface area contributed by atoms with Crippen molar-refractivity contribution in [2.75, 3.05) is 13.2 Å². The van der Waals surface area contributed by atoms with Crippen LogP contribution in [0.5, 0.6) is 0 Å². The van der Waals surface area contributed by atoms with Crippen molar-refractivity contribution < 1.29 is 4.74 Å². The summed E-state index contributed by atoms with van der Waals surface area (Å²) in [7, 11) is 0. The first-order chi connectivity index (χ1) is 6.74. The zero-order valence-electron chi connectivity index (χ0n) is 9.67. The molecular weight excluding hydrogens is 174 g/mol. The summed E-state index contributed by atoms with van der Waals surface area (Å²) in [6.07, 6.45) is 6.15. The fourth-order valence-corrected chi connectivity index (χ4v) is 2.27. The Morgan fingerprint density at radius 2 is 2.00 bits per heavy atom. The molecule has 2 N–H and O–H groups in total. The highest BCUT2D eigenvalue weighted by Gasteiger charge is 2.20. The lowest BCUT2D eigenvalue weighted by Gasteiger charge is -2.27. The van der Waals surface area contributed by atoms with E-state index in [1.807, 2.05) is 0 Å². The molecule has 0 spiro atoms. The van der Waals surface area contributed by atoms with Crippen molar-refractivity contribution in [1.29, 1.82) is 0 Å². The van der Waals surface area contributed by atoms with Gasteiger partial charge in [0.25, 0.3) is 0 Å². The lowest BCUT2D eigenvalue weighted by atomic mass is 9.86. The molecule has 1 heterocycles. The molecule has 0 amide bonds. The summed E-state index contributed by atoms with van der Waals surface area (Å²) in [5, 5.41) is 0. The van der Waals surface area contributed by atoms with Crippen LogP contribution in [0.1, 0.15) is 46.0 Å². The van der Waals surface area contributed by atoms with Crippen LogP contribution in [-0.2, 0) is 4.74 Å². The molecule has 0 saturated carbocycles. The van der Waals surface area contributed by atoms with E-state index in [-0.39, 0.29) is 0 Å². The summed E-state index contributed by atoms with van der Waals surface area (Å²) in [6, 6.07) is 0.401. The van der Waals surface area contributed by atoms with Crippen molar-refractivity contribution in [2.24, 2.45) is 17.6 Å². The molecule has 2 nitrogen and oxygen atoms in total. The van der Waals surface area contributed by atoms with Gasteiger partial charge in [-0.2, -0.15) is 0 Å². The number of ether oxygens (including phenoxy) is 1. The normalized spacial score (nSPS) is 23.4. The predicted octanol–water partition coefficient (Wildman–Crippen LogP) is 2.57. The second-order valence-electron chi connectivity index (χ2n) is 4.72. The van der Waals surface area contributed by atoms with E-state index in [9.17, 15) is 0 Å². The van der Waals surface area contributed by atoms with Gasteiger partial charge in [-0.3, -0.25) is 0 Å². The van der Waals surface area contributed by atoms with Crippen molar-refractivity contribution in [3.05, 3.63) is 0 Å². The summed E-state index contributed by atoms with van der Waals surface area (Å²) in [6.45, 7) is 6.41. The highest BCUT2D eigenvalue weighted by Crippen LogP contribution is 2.23. The quantitative estimate of drug-likeness (QED) is 0.738. The summed E-state index contributed by atoms with van der Waals surface area (Å²) in [5.41, 5.74) is 6.19. The largest absolute Gasteiger partial charge is 0.381 e. The maximum Gasteiger partial charge on any atom is 0.0468 e. The highest BCUT2D eigenvalue weighted by molar-refractivity contribution is 4.75. The van der Waals surface area contributed by atoms with Gasteiger partial charge in [-0.1, -0.05) is 20.3 Å². The molecule has 0 aromatic heterocycles. The third-order valence-electron chi connectivity index (χ3n) is 3.42. The van der Waals surface area contributed by atoms with Crippen molar-refractivity contribution in [1.82, 2.24) is 0 Å². The Labute approximate surface area is 88.2 Å². The van der Waals surface area contributed by atoms with Gasteiger partial charge in [-0.05, 0) is 37.5 Å². The third kappa shape index (κ3) is 3.97. The smallest absolute Gasteiger partial charge is 0.0468 e. The molecule has 1 saturated heterocycles. The first-order valence-corrected chi connectivity index (χ1v) is 6.07. The maximum atomic E-state index is 6.19. The Morgan fingerprint density at radius 3 is 2.57 bits per heavy atom. The number of nitrogens with two attached hydrogens (primary N) is 1. The van der Waals surface area contributed by atoms with Crippen LogP contribution in [0.2, 0.25) is 0 Å². The Bertz CT molecular complexity index is 143. The molecule has 1 rings (SSSR count). The zero-order chi connectivity index (χ0) is 10.4. The van der Waals surface area contributed by atoms with Crippen molar-refractivity contribution in [3.63, 3.8) is 0 Å². The minimum Gasteiger partial charge on any atom is -0.381 e. The minimum absolute atomic E-state index is 0.401. The molecule has 1 aliphatic heterocycles. The maximum absolute atomic E-state index is 6.19. The molecule has 14 heavy (non-hydrogen) atoms. The van der Waals surface area contributed by atoms with Crippen LogP contribution in [-0.4, -0.2) is 19.3 Å². The van der Waals surface area contributed by atoms with Crippen molar-refractivity contribution >= 4 is 0 Å². The average Bonchev–Trinajstić information content (AvgIpc) is 2.19. The number of hydrogen-bond acceptors (Lipinski definition) is 2. The van der Waals surface area contributed by atoms with E-state index in [4.69, 9.17) is 10.5 Å². The first kappa shape index (κ1) is 12.0. The van der Waals surface area contributed by atoms with E-state index in [0.717, 1.165) is 19.1 Å². The van der Waals surface area contributed by atoms with Gasteiger partial charge < -0.3 is 10.5 Å². The van der Waals surface area contributed by atoms with Gasteiger partial charge >= 0.3 is 0 Å². The van der Waals surface area contributed by atoms with E-state index >= 15 is 0 Å². The fraction of sp³-hybridized carbons (Fsp3) is 1.00. The summed E-state index contributed by atoms with van der Waals surface area (Å²) in [4.78, 5) is 0. The number of rotatable bonds is 5. The van der Waals surface area contributed by atoms with Gasteiger partial charge in [-0.15, -0.1) is 0 Å². The van der Waals surface area contributed by atoms with Crippen molar-refractivity contribution in [2.45, 2.75) is 52.0 Å². The first-order valence-electron chi connectivity index (χ1n) is 6.07. The third-order valence-corrected chi connectivity index (χ3v) is 3.42. The topological polar surface area (TPSA) is 35.2 Å². The molecular formula is C12H25NO. The van der Waals surface area contributed by atoms with Crippen LogP contribution in [0, 0.1) is 11.8 Å². The molecule has 1 aliphatic rings. The molecule has 84 valence electrons. The molecule has 2 atom stereocenters. The molecule has 0 radical (unpaired) electrons. The number of hydrogen-bond donors (Lipinski definition) is 1. The fourth-order valence-electron chi connectivity index (χ4n) is 2.27. The highest BCUT2D eigenvalue weighted by atomic mass is 16.5. The van der Waals surface area contributed by atoms with E-state index in [2.05, 4.69) is 13.8 Å². The average molecular weight is 199 g/mol. The molecule has 0 aromatic carbocycles. The lowest BCUT2D eigenvalue weighted by molar-refractivity contribution is 0.0599. The summed E-state index contributed by atoms with van der Waals surface area (Å²) >= 11 is 0. The Morgan fingerprint density at radius 1 is 1.36 bits per heavy atom. The van der Waals surface area contributed by atoms with Crippen LogP contribution >= 0.6 is 0 Å². The Kier molecular flexibility index (Phi) is 5.49. The van der Waals surface area contributed by atoms with Crippen LogP contribution < -0.4 is 5.73 Å². The van der Waals surface area contributed by atoms with Crippen LogP contribution in [0.25, 0.3) is 0 Å². The van der Waals surface area contributed by atoms with E-state index in [1.54, 1.807) is 0 Å².